The minimum absolute atomic E-state index is 0.152. The van der Waals surface area contributed by atoms with Gasteiger partial charge in [-0.3, -0.25) is 14.9 Å². The maximum Gasteiger partial charge on any atom is 0.335 e. The number of imide groups is 2. The van der Waals surface area contributed by atoms with Crippen molar-refractivity contribution in [3.8, 4) is 11.5 Å². The molecule has 1 N–H and O–H groups in total. The van der Waals surface area contributed by atoms with Crippen molar-refractivity contribution in [2.45, 2.75) is 20.5 Å². The molecular weight excluding hydrogens is 432 g/mol. The van der Waals surface area contributed by atoms with E-state index in [1.54, 1.807) is 42.5 Å². The number of anilines is 1. The SMILES string of the molecule is CCOc1cc(C=C2C(=O)NC(=O)N(c3ccc(C)cc3)C2=O)ccc1OCc1ccccc1. The standard InChI is InChI=1S/C27H24N2O5/c1-3-33-24-16-20(11-14-23(24)34-17-19-7-5-4-6-8-19)15-22-25(30)28-27(32)29(26(22)31)21-12-9-18(2)10-13-21/h4-16H,3,17H2,1-2H3,(H,28,30,32). The summed E-state index contributed by atoms with van der Waals surface area (Å²) in [7, 11) is 0. The molecule has 1 heterocycles. The molecule has 0 radical (unpaired) electrons. The van der Waals surface area contributed by atoms with Crippen LogP contribution in [-0.2, 0) is 16.2 Å². The number of barbiturate groups is 1. The second-order valence-corrected chi connectivity index (χ2v) is 7.71. The van der Waals surface area contributed by atoms with Gasteiger partial charge in [0.1, 0.15) is 12.2 Å². The highest BCUT2D eigenvalue weighted by molar-refractivity contribution is 6.39. The van der Waals surface area contributed by atoms with Crippen molar-refractivity contribution in [3.05, 3.63) is 95.1 Å². The number of carbonyl (C=O) groups is 3. The first-order valence-electron chi connectivity index (χ1n) is 10.9. The normalized spacial score (nSPS) is 14.8. The third kappa shape index (κ3) is 4.99. The molecule has 0 saturated carbocycles. The van der Waals surface area contributed by atoms with Gasteiger partial charge in [-0.1, -0.05) is 54.1 Å². The summed E-state index contributed by atoms with van der Waals surface area (Å²) in [6.07, 6.45) is 1.44. The highest BCUT2D eigenvalue weighted by Crippen LogP contribution is 2.31. The van der Waals surface area contributed by atoms with E-state index >= 15 is 0 Å². The smallest absolute Gasteiger partial charge is 0.335 e. The van der Waals surface area contributed by atoms with Crippen molar-refractivity contribution >= 4 is 29.6 Å². The lowest BCUT2D eigenvalue weighted by atomic mass is 10.1. The average molecular weight is 456 g/mol. The molecule has 7 nitrogen and oxygen atoms in total. The fraction of sp³-hybridized carbons (Fsp3) is 0.148. The van der Waals surface area contributed by atoms with Gasteiger partial charge in [0.05, 0.1) is 12.3 Å². The van der Waals surface area contributed by atoms with Crippen LogP contribution in [0, 0.1) is 6.92 Å². The Morgan fingerprint density at radius 2 is 1.62 bits per heavy atom. The van der Waals surface area contributed by atoms with Gasteiger partial charge in [-0.2, -0.15) is 0 Å². The van der Waals surface area contributed by atoms with Crippen LogP contribution in [0.4, 0.5) is 10.5 Å². The number of urea groups is 1. The summed E-state index contributed by atoms with van der Waals surface area (Å²) in [6, 6.07) is 21.0. The van der Waals surface area contributed by atoms with Gasteiger partial charge in [0.2, 0.25) is 0 Å². The molecule has 1 saturated heterocycles. The van der Waals surface area contributed by atoms with Crippen molar-refractivity contribution in [2.75, 3.05) is 11.5 Å². The van der Waals surface area contributed by atoms with E-state index in [0.29, 0.717) is 36.0 Å². The summed E-state index contributed by atoms with van der Waals surface area (Å²) >= 11 is 0. The molecule has 0 spiro atoms. The van der Waals surface area contributed by atoms with Crippen molar-refractivity contribution in [2.24, 2.45) is 0 Å². The van der Waals surface area contributed by atoms with Crippen LogP contribution >= 0.6 is 0 Å². The number of amides is 4. The summed E-state index contributed by atoms with van der Waals surface area (Å²) in [5.74, 6) is -0.410. The van der Waals surface area contributed by atoms with Gasteiger partial charge >= 0.3 is 6.03 Å². The minimum atomic E-state index is -0.782. The van der Waals surface area contributed by atoms with Crippen molar-refractivity contribution in [3.63, 3.8) is 0 Å². The number of hydrogen-bond acceptors (Lipinski definition) is 5. The number of rotatable bonds is 7. The third-order valence-corrected chi connectivity index (χ3v) is 5.21. The van der Waals surface area contributed by atoms with E-state index in [9.17, 15) is 14.4 Å². The first kappa shape index (κ1) is 22.8. The van der Waals surface area contributed by atoms with Gasteiger partial charge in [0.25, 0.3) is 11.8 Å². The van der Waals surface area contributed by atoms with Gasteiger partial charge in [0, 0.05) is 0 Å². The van der Waals surface area contributed by atoms with E-state index in [0.717, 1.165) is 16.0 Å². The van der Waals surface area contributed by atoms with Crippen molar-refractivity contribution < 1.29 is 23.9 Å². The van der Waals surface area contributed by atoms with Gasteiger partial charge in [0.15, 0.2) is 11.5 Å². The van der Waals surface area contributed by atoms with E-state index in [-0.39, 0.29) is 5.57 Å². The summed E-state index contributed by atoms with van der Waals surface area (Å²) < 4.78 is 11.6. The van der Waals surface area contributed by atoms with E-state index in [2.05, 4.69) is 5.32 Å². The summed E-state index contributed by atoms with van der Waals surface area (Å²) in [5, 5.41) is 2.24. The Hall–Kier alpha value is -4.39. The summed E-state index contributed by atoms with van der Waals surface area (Å²) in [6.45, 7) is 4.54. The predicted octanol–water partition coefficient (Wildman–Crippen LogP) is 4.64. The molecule has 1 fully saturated rings. The Morgan fingerprint density at radius 1 is 0.882 bits per heavy atom. The van der Waals surface area contributed by atoms with Crippen molar-refractivity contribution in [1.29, 1.82) is 0 Å². The highest BCUT2D eigenvalue weighted by Gasteiger charge is 2.36. The highest BCUT2D eigenvalue weighted by atomic mass is 16.5. The van der Waals surface area contributed by atoms with E-state index in [1.807, 2.05) is 44.2 Å². The molecule has 4 amide bonds. The number of nitrogens with zero attached hydrogens (tertiary/aromatic N) is 1. The molecule has 172 valence electrons. The average Bonchev–Trinajstić information content (AvgIpc) is 2.83. The van der Waals surface area contributed by atoms with Gasteiger partial charge in [-0.15, -0.1) is 0 Å². The quantitative estimate of drug-likeness (QED) is 0.414. The zero-order chi connectivity index (χ0) is 24.1. The Labute approximate surface area is 197 Å². The number of ether oxygens (including phenoxy) is 2. The molecule has 1 aliphatic rings. The van der Waals surface area contributed by atoms with Crippen molar-refractivity contribution in [1.82, 2.24) is 5.32 Å². The molecule has 1 aliphatic heterocycles. The fourth-order valence-corrected chi connectivity index (χ4v) is 3.49. The lowest BCUT2D eigenvalue weighted by Crippen LogP contribution is -2.54. The Bertz CT molecular complexity index is 1250. The molecule has 0 bridgehead atoms. The monoisotopic (exact) mass is 456 g/mol. The first-order chi connectivity index (χ1) is 16.5. The van der Waals surface area contributed by atoms with Crippen LogP contribution in [-0.4, -0.2) is 24.5 Å². The van der Waals surface area contributed by atoms with Crippen LogP contribution in [0.15, 0.2) is 78.4 Å². The number of benzene rings is 3. The van der Waals surface area contributed by atoms with Crippen LogP contribution in [0.25, 0.3) is 6.08 Å². The van der Waals surface area contributed by atoms with Crippen LogP contribution < -0.4 is 19.7 Å². The van der Waals surface area contributed by atoms with Crippen LogP contribution in [0.2, 0.25) is 0 Å². The molecule has 3 aromatic carbocycles. The maximum atomic E-state index is 13.1. The maximum absolute atomic E-state index is 13.1. The largest absolute Gasteiger partial charge is 0.490 e. The molecular formula is C27H24N2O5. The van der Waals surface area contributed by atoms with E-state index in [4.69, 9.17) is 9.47 Å². The summed E-state index contributed by atoms with van der Waals surface area (Å²) in [5.41, 5.74) is 2.79. The van der Waals surface area contributed by atoms with Gasteiger partial charge < -0.3 is 9.47 Å². The molecule has 0 unspecified atom stereocenters. The van der Waals surface area contributed by atoms with E-state index in [1.165, 1.54) is 6.08 Å². The second kappa shape index (κ2) is 10.0. The Balaban J connectivity index is 1.61. The summed E-state index contributed by atoms with van der Waals surface area (Å²) in [4.78, 5) is 38.9. The lowest BCUT2D eigenvalue weighted by molar-refractivity contribution is -0.122. The number of nitrogens with one attached hydrogen (secondary N) is 1. The Kier molecular flexibility index (Phi) is 6.73. The molecule has 0 aliphatic carbocycles. The van der Waals surface area contributed by atoms with Crippen LogP contribution in [0.3, 0.4) is 0 Å². The van der Waals surface area contributed by atoms with Gasteiger partial charge in [-0.05, 0) is 55.3 Å². The number of aryl methyl sites for hydroxylation is 1. The molecule has 3 aromatic rings. The molecule has 0 atom stereocenters. The number of hydrogen-bond donors (Lipinski definition) is 1. The van der Waals surface area contributed by atoms with E-state index < -0.39 is 17.8 Å². The fourth-order valence-electron chi connectivity index (χ4n) is 3.49. The molecule has 34 heavy (non-hydrogen) atoms. The van der Waals surface area contributed by atoms with Crippen LogP contribution in [0.1, 0.15) is 23.6 Å². The minimum Gasteiger partial charge on any atom is -0.490 e. The molecule has 7 heteroatoms. The third-order valence-electron chi connectivity index (χ3n) is 5.21. The Morgan fingerprint density at radius 3 is 2.32 bits per heavy atom. The zero-order valence-electron chi connectivity index (χ0n) is 18.9. The zero-order valence-corrected chi connectivity index (χ0v) is 18.9. The molecule has 4 rings (SSSR count). The second-order valence-electron chi connectivity index (χ2n) is 7.71. The number of carbonyl (C=O) groups excluding carboxylic acids is 3. The van der Waals surface area contributed by atoms with Crippen LogP contribution in [0.5, 0.6) is 11.5 Å². The topological polar surface area (TPSA) is 84.9 Å². The van der Waals surface area contributed by atoms with Gasteiger partial charge in [-0.25, -0.2) is 9.69 Å². The molecule has 0 aromatic heterocycles. The predicted molar refractivity (Wildman–Crippen MR) is 129 cm³/mol. The first-order valence-corrected chi connectivity index (χ1v) is 10.9. The lowest BCUT2D eigenvalue weighted by Gasteiger charge is -2.26.